The molecule has 0 aliphatic carbocycles. The predicted octanol–water partition coefficient (Wildman–Crippen LogP) is 4.70. The zero-order chi connectivity index (χ0) is 12.1. The average molecular weight is 236 g/mol. The SMILES string of the molecule is CCCCCCC(C(F)(F)F)C(F)(F)F. The van der Waals surface area contributed by atoms with Crippen LogP contribution < -0.4 is 0 Å². The van der Waals surface area contributed by atoms with Gasteiger partial charge in [-0.3, -0.25) is 0 Å². The smallest absolute Gasteiger partial charge is 0.170 e. The van der Waals surface area contributed by atoms with Gasteiger partial charge in [0, 0.05) is 0 Å². The molecular formula is C9H14F6. The van der Waals surface area contributed by atoms with Crippen LogP contribution in [0.25, 0.3) is 0 Å². The lowest BCUT2D eigenvalue weighted by Gasteiger charge is -2.22. The van der Waals surface area contributed by atoms with E-state index in [0.717, 1.165) is 6.42 Å². The molecule has 0 nitrogen and oxygen atoms in total. The van der Waals surface area contributed by atoms with Crippen molar-refractivity contribution in [1.82, 2.24) is 0 Å². The summed E-state index contributed by atoms with van der Waals surface area (Å²) < 4.78 is 72.0. The van der Waals surface area contributed by atoms with E-state index in [0.29, 0.717) is 12.8 Å². The average Bonchev–Trinajstić information content (AvgIpc) is 1.99. The molecule has 0 aromatic carbocycles. The van der Waals surface area contributed by atoms with Crippen molar-refractivity contribution in [3.05, 3.63) is 0 Å². The number of rotatable bonds is 5. The monoisotopic (exact) mass is 236 g/mol. The third-order valence-electron chi connectivity index (χ3n) is 2.14. The van der Waals surface area contributed by atoms with Gasteiger partial charge in [0.1, 0.15) is 0 Å². The summed E-state index contributed by atoms with van der Waals surface area (Å²) in [5.41, 5.74) is 0. The maximum absolute atomic E-state index is 12.0. The van der Waals surface area contributed by atoms with Gasteiger partial charge in [-0.05, 0) is 6.42 Å². The molecule has 0 aliphatic rings. The van der Waals surface area contributed by atoms with Gasteiger partial charge in [-0.2, -0.15) is 26.3 Å². The Kier molecular flexibility index (Phi) is 5.45. The van der Waals surface area contributed by atoms with Crippen molar-refractivity contribution >= 4 is 0 Å². The summed E-state index contributed by atoms with van der Waals surface area (Å²) in [6, 6.07) is 0. The minimum atomic E-state index is -5.18. The molecule has 0 heterocycles. The van der Waals surface area contributed by atoms with Crippen LogP contribution in [0.5, 0.6) is 0 Å². The van der Waals surface area contributed by atoms with Gasteiger partial charge < -0.3 is 0 Å². The molecule has 0 aliphatic heterocycles. The summed E-state index contributed by atoms with van der Waals surface area (Å²) in [4.78, 5) is 0. The molecular weight excluding hydrogens is 222 g/mol. The molecule has 0 aromatic rings. The fraction of sp³-hybridized carbons (Fsp3) is 1.00. The Morgan fingerprint density at radius 3 is 1.60 bits per heavy atom. The highest BCUT2D eigenvalue weighted by Crippen LogP contribution is 2.42. The molecule has 6 heteroatoms. The van der Waals surface area contributed by atoms with Gasteiger partial charge in [0.25, 0.3) is 0 Å². The van der Waals surface area contributed by atoms with Gasteiger partial charge in [-0.25, -0.2) is 0 Å². The highest BCUT2D eigenvalue weighted by molar-refractivity contribution is 4.75. The van der Waals surface area contributed by atoms with Crippen LogP contribution in [0.2, 0.25) is 0 Å². The first kappa shape index (κ1) is 14.6. The van der Waals surface area contributed by atoms with E-state index >= 15 is 0 Å². The van der Waals surface area contributed by atoms with Crippen molar-refractivity contribution in [2.45, 2.75) is 51.4 Å². The Bertz CT molecular complexity index is 154. The maximum atomic E-state index is 12.0. The van der Waals surface area contributed by atoms with Crippen LogP contribution in [-0.2, 0) is 0 Å². The molecule has 0 unspecified atom stereocenters. The molecule has 0 spiro atoms. The Morgan fingerprint density at radius 1 is 0.800 bits per heavy atom. The van der Waals surface area contributed by atoms with Crippen LogP contribution in [0.15, 0.2) is 0 Å². The maximum Gasteiger partial charge on any atom is 0.400 e. The Morgan fingerprint density at radius 2 is 1.27 bits per heavy atom. The molecule has 0 amide bonds. The van der Waals surface area contributed by atoms with E-state index in [2.05, 4.69) is 0 Å². The highest BCUT2D eigenvalue weighted by Gasteiger charge is 2.55. The first-order valence-corrected chi connectivity index (χ1v) is 4.83. The fourth-order valence-corrected chi connectivity index (χ4v) is 1.29. The number of halogens is 6. The third kappa shape index (κ3) is 5.89. The van der Waals surface area contributed by atoms with Crippen molar-refractivity contribution < 1.29 is 26.3 Å². The van der Waals surface area contributed by atoms with E-state index in [1.54, 1.807) is 0 Å². The second kappa shape index (κ2) is 5.61. The van der Waals surface area contributed by atoms with Gasteiger partial charge in [0.15, 0.2) is 5.92 Å². The first-order chi connectivity index (χ1) is 6.69. The van der Waals surface area contributed by atoms with Crippen molar-refractivity contribution in [3.63, 3.8) is 0 Å². The molecule has 0 atom stereocenters. The van der Waals surface area contributed by atoms with E-state index in [4.69, 9.17) is 0 Å². The van der Waals surface area contributed by atoms with E-state index < -0.39 is 24.7 Å². The van der Waals surface area contributed by atoms with E-state index in [1.165, 1.54) is 0 Å². The number of alkyl halides is 6. The van der Waals surface area contributed by atoms with Crippen LogP contribution >= 0.6 is 0 Å². The van der Waals surface area contributed by atoms with Gasteiger partial charge in [0.2, 0.25) is 0 Å². The number of hydrogen-bond acceptors (Lipinski definition) is 0. The molecule has 92 valence electrons. The lowest BCUT2D eigenvalue weighted by atomic mass is 10.00. The zero-order valence-corrected chi connectivity index (χ0v) is 8.38. The van der Waals surface area contributed by atoms with Gasteiger partial charge >= 0.3 is 12.4 Å². The molecule has 0 rings (SSSR count). The Labute approximate surface area is 84.7 Å². The summed E-state index contributed by atoms with van der Waals surface area (Å²) in [6.07, 6.45) is -9.37. The lowest BCUT2D eigenvalue weighted by Crippen LogP contribution is -2.36. The summed E-state index contributed by atoms with van der Waals surface area (Å²) in [5, 5.41) is 0. The summed E-state index contributed by atoms with van der Waals surface area (Å²) in [6.45, 7) is 1.84. The Hall–Kier alpha value is -0.420. The van der Waals surface area contributed by atoms with Crippen LogP contribution in [0.4, 0.5) is 26.3 Å². The first-order valence-electron chi connectivity index (χ1n) is 4.83. The van der Waals surface area contributed by atoms with Crippen molar-refractivity contribution in [2.24, 2.45) is 5.92 Å². The normalized spacial score (nSPS) is 13.6. The highest BCUT2D eigenvalue weighted by atomic mass is 19.4. The quantitative estimate of drug-likeness (QED) is 0.479. The van der Waals surface area contributed by atoms with E-state index in [9.17, 15) is 26.3 Å². The zero-order valence-electron chi connectivity index (χ0n) is 8.38. The standard InChI is InChI=1S/C9H14F6/c1-2-3-4-5-6-7(8(10,11)12)9(13,14)15/h7H,2-6H2,1H3. The second-order valence-corrected chi connectivity index (χ2v) is 3.49. The summed E-state index contributed by atoms with van der Waals surface area (Å²) in [5.74, 6) is -3.16. The topological polar surface area (TPSA) is 0 Å². The molecule has 0 aromatic heterocycles. The molecule has 0 saturated carbocycles. The van der Waals surface area contributed by atoms with Crippen LogP contribution in [0, 0.1) is 5.92 Å². The molecule has 0 fully saturated rings. The minimum Gasteiger partial charge on any atom is -0.170 e. The molecule has 0 radical (unpaired) electrons. The van der Waals surface area contributed by atoms with Crippen molar-refractivity contribution in [2.75, 3.05) is 0 Å². The van der Waals surface area contributed by atoms with Crippen molar-refractivity contribution in [1.29, 1.82) is 0 Å². The summed E-state index contributed by atoms with van der Waals surface area (Å²) in [7, 11) is 0. The lowest BCUT2D eigenvalue weighted by molar-refractivity contribution is -0.285. The minimum absolute atomic E-state index is 0.0302. The van der Waals surface area contributed by atoms with Crippen LogP contribution in [0.3, 0.4) is 0 Å². The van der Waals surface area contributed by atoms with E-state index in [1.807, 2.05) is 6.92 Å². The third-order valence-corrected chi connectivity index (χ3v) is 2.14. The fourth-order valence-electron chi connectivity index (χ4n) is 1.29. The molecule has 0 saturated heterocycles. The molecule has 0 bridgehead atoms. The largest absolute Gasteiger partial charge is 0.400 e. The Balaban J connectivity index is 4.17. The van der Waals surface area contributed by atoms with E-state index in [-0.39, 0.29) is 6.42 Å². The number of hydrogen-bond donors (Lipinski definition) is 0. The second-order valence-electron chi connectivity index (χ2n) is 3.49. The molecule has 0 N–H and O–H groups in total. The van der Waals surface area contributed by atoms with Gasteiger partial charge in [0.05, 0.1) is 0 Å². The molecule has 15 heavy (non-hydrogen) atoms. The van der Waals surface area contributed by atoms with Gasteiger partial charge in [-0.15, -0.1) is 0 Å². The van der Waals surface area contributed by atoms with Crippen LogP contribution in [0.1, 0.15) is 39.0 Å². The van der Waals surface area contributed by atoms with Crippen LogP contribution in [-0.4, -0.2) is 12.4 Å². The van der Waals surface area contributed by atoms with Crippen molar-refractivity contribution in [3.8, 4) is 0 Å². The summed E-state index contributed by atoms with van der Waals surface area (Å²) >= 11 is 0. The predicted molar refractivity (Wildman–Crippen MR) is 44.4 cm³/mol. The van der Waals surface area contributed by atoms with Gasteiger partial charge in [-0.1, -0.05) is 32.6 Å². The number of unbranched alkanes of at least 4 members (excludes halogenated alkanes) is 3.